The third-order valence-electron chi connectivity index (χ3n) is 4.89. The molecule has 0 bridgehead atoms. The van der Waals surface area contributed by atoms with Crippen molar-refractivity contribution in [3.8, 4) is 0 Å². The average Bonchev–Trinajstić information content (AvgIpc) is 2.78. The molecule has 152 valence electrons. The number of nitrogens with one attached hydrogen (secondary N) is 1. The molecule has 0 radical (unpaired) electrons. The lowest BCUT2D eigenvalue weighted by atomic mass is 9.97. The number of benzene rings is 2. The maximum atomic E-state index is 12.3. The number of allylic oxidation sites excluding steroid dienone is 2. The Bertz CT molecular complexity index is 922. The molecule has 1 aromatic heterocycles. The van der Waals surface area contributed by atoms with Gasteiger partial charge in [0.15, 0.2) is 0 Å². The molecule has 2 aromatic carbocycles. The molecule has 3 aromatic rings. The highest BCUT2D eigenvalue weighted by Crippen LogP contribution is 2.23. The fourth-order valence-electron chi connectivity index (χ4n) is 3.35. The Kier molecular flexibility index (Phi) is 8.16. The van der Waals surface area contributed by atoms with Crippen LogP contribution in [0.15, 0.2) is 103 Å². The first kappa shape index (κ1) is 21.3. The predicted octanol–water partition coefficient (Wildman–Crippen LogP) is 5.60. The van der Waals surface area contributed by atoms with E-state index >= 15 is 0 Å². The molecule has 0 fully saturated rings. The summed E-state index contributed by atoms with van der Waals surface area (Å²) in [6.07, 6.45) is 12.0. The van der Waals surface area contributed by atoms with E-state index < -0.39 is 0 Å². The maximum Gasteiger partial charge on any atom is 0.244 e. The first-order chi connectivity index (χ1) is 14.7. The smallest absolute Gasteiger partial charge is 0.244 e. The van der Waals surface area contributed by atoms with Crippen molar-refractivity contribution in [2.45, 2.75) is 32.2 Å². The van der Waals surface area contributed by atoms with E-state index in [-0.39, 0.29) is 11.9 Å². The van der Waals surface area contributed by atoms with Crippen LogP contribution in [0, 0.1) is 0 Å². The van der Waals surface area contributed by atoms with Crippen LogP contribution in [0.1, 0.15) is 36.5 Å². The second kappa shape index (κ2) is 11.5. The zero-order valence-electron chi connectivity index (χ0n) is 17.4. The molecule has 1 N–H and O–H groups in total. The van der Waals surface area contributed by atoms with Gasteiger partial charge in [0.05, 0.1) is 0 Å². The number of carbonyl (C=O) groups is 1. The molecule has 3 nitrogen and oxygen atoms in total. The predicted molar refractivity (Wildman–Crippen MR) is 124 cm³/mol. The topological polar surface area (TPSA) is 42.0 Å². The lowest BCUT2D eigenvalue weighted by molar-refractivity contribution is -0.117. The van der Waals surface area contributed by atoms with E-state index in [2.05, 4.69) is 40.6 Å². The standard InChI is InChI=1S/C27H28N2O/c1-22(11-8-12-23-13-10-20-28-21-23)29-27(30)19-9-18-26(24-14-4-2-5-15-24)25-16-6-3-7-17-25/h2-7,9-10,13-22H,8,11-12H2,1H3,(H,29,30)/b19-9+/t22-/m1/s1. The molecule has 0 saturated carbocycles. The van der Waals surface area contributed by atoms with Crippen molar-refractivity contribution >= 4 is 11.5 Å². The number of nitrogens with zero attached hydrogens (tertiary/aromatic N) is 1. The summed E-state index contributed by atoms with van der Waals surface area (Å²) < 4.78 is 0. The Morgan fingerprint density at radius 2 is 1.63 bits per heavy atom. The van der Waals surface area contributed by atoms with Crippen LogP contribution >= 0.6 is 0 Å². The van der Waals surface area contributed by atoms with Crippen LogP contribution in [0.5, 0.6) is 0 Å². The van der Waals surface area contributed by atoms with Gasteiger partial charge in [0.25, 0.3) is 0 Å². The molecule has 1 atom stereocenters. The number of pyridine rings is 1. The third kappa shape index (κ3) is 6.85. The van der Waals surface area contributed by atoms with Gasteiger partial charge in [-0.25, -0.2) is 0 Å². The van der Waals surface area contributed by atoms with Crippen LogP contribution in [-0.2, 0) is 11.2 Å². The van der Waals surface area contributed by atoms with Crippen LogP contribution in [0.4, 0.5) is 0 Å². The summed E-state index contributed by atoms with van der Waals surface area (Å²) in [5, 5.41) is 3.05. The van der Waals surface area contributed by atoms with Gasteiger partial charge in [0, 0.05) is 24.5 Å². The number of carbonyl (C=O) groups excluding carboxylic acids is 1. The molecule has 1 amide bonds. The highest BCUT2D eigenvalue weighted by Gasteiger charge is 2.06. The van der Waals surface area contributed by atoms with Crippen LogP contribution in [0.25, 0.3) is 5.57 Å². The van der Waals surface area contributed by atoms with Gasteiger partial charge in [-0.3, -0.25) is 9.78 Å². The molecule has 30 heavy (non-hydrogen) atoms. The number of rotatable bonds is 9. The quantitative estimate of drug-likeness (QED) is 0.378. The zero-order valence-corrected chi connectivity index (χ0v) is 17.4. The molecule has 0 aliphatic heterocycles. The first-order valence-electron chi connectivity index (χ1n) is 10.4. The van der Waals surface area contributed by atoms with E-state index in [0.29, 0.717) is 0 Å². The van der Waals surface area contributed by atoms with Crippen molar-refractivity contribution in [3.63, 3.8) is 0 Å². The summed E-state index contributed by atoms with van der Waals surface area (Å²) >= 11 is 0. The van der Waals surface area contributed by atoms with E-state index in [9.17, 15) is 4.79 Å². The second-order valence-electron chi connectivity index (χ2n) is 7.33. The average molecular weight is 397 g/mol. The van der Waals surface area contributed by atoms with Gasteiger partial charge in [-0.2, -0.15) is 0 Å². The SMILES string of the molecule is C[C@H](CCCc1cccnc1)NC(=O)/C=C/C=C(c1ccccc1)c1ccccc1. The molecule has 0 saturated heterocycles. The number of amides is 1. The minimum absolute atomic E-state index is 0.0689. The van der Waals surface area contributed by atoms with Gasteiger partial charge >= 0.3 is 0 Å². The molecule has 0 unspecified atom stereocenters. The van der Waals surface area contributed by atoms with Crippen LogP contribution in [0.2, 0.25) is 0 Å². The molecule has 3 heteroatoms. The summed E-state index contributed by atoms with van der Waals surface area (Å²) in [4.78, 5) is 16.4. The lowest BCUT2D eigenvalue weighted by Gasteiger charge is -2.12. The van der Waals surface area contributed by atoms with Gasteiger partial charge in [-0.1, -0.05) is 78.9 Å². The number of aromatic nitrogens is 1. The van der Waals surface area contributed by atoms with Gasteiger partial charge in [-0.15, -0.1) is 0 Å². The number of hydrogen-bond donors (Lipinski definition) is 1. The Hall–Kier alpha value is -3.46. The van der Waals surface area contributed by atoms with Gasteiger partial charge in [0.2, 0.25) is 5.91 Å². The lowest BCUT2D eigenvalue weighted by Crippen LogP contribution is -2.31. The van der Waals surface area contributed by atoms with Crippen molar-refractivity contribution in [1.29, 1.82) is 0 Å². The van der Waals surface area contributed by atoms with Gasteiger partial charge in [-0.05, 0) is 54.5 Å². The first-order valence-corrected chi connectivity index (χ1v) is 10.4. The van der Waals surface area contributed by atoms with E-state index in [1.54, 1.807) is 12.3 Å². The second-order valence-corrected chi connectivity index (χ2v) is 7.33. The highest BCUT2D eigenvalue weighted by atomic mass is 16.1. The number of aryl methyl sites for hydroxylation is 1. The largest absolute Gasteiger partial charge is 0.350 e. The number of hydrogen-bond acceptors (Lipinski definition) is 2. The van der Waals surface area contributed by atoms with E-state index in [1.807, 2.05) is 67.7 Å². The normalized spacial score (nSPS) is 11.8. The van der Waals surface area contributed by atoms with E-state index in [0.717, 1.165) is 36.0 Å². The maximum absolute atomic E-state index is 12.3. The highest BCUT2D eigenvalue weighted by molar-refractivity contribution is 5.89. The minimum atomic E-state index is -0.0689. The van der Waals surface area contributed by atoms with Gasteiger partial charge in [0.1, 0.15) is 0 Å². The molecule has 0 spiro atoms. The minimum Gasteiger partial charge on any atom is -0.350 e. The van der Waals surface area contributed by atoms with Crippen LogP contribution in [0.3, 0.4) is 0 Å². The van der Waals surface area contributed by atoms with Crippen LogP contribution in [-0.4, -0.2) is 16.9 Å². The van der Waals surface area contributed by atoms with Gasteiger partial charge < -0.3 is 5.32 Å². The summed E-state index contributed by atoms with van der Waals surface area (Å²) in [5.41, 5.74) is 4.57. The van der Waals surface area contributed by atoms with Crippen molar-refractivity contribution in [1.82, 2.24) is 10.3 Å². The third-order valence-corrected chi connectivity index (χ3v) is 4.89. The molecule has 1 heterocycles. The fraction of sp³-hybridized carbons (Fsp3) is 0.185. The summed E-state index contributed by atoms with van der Waals surface area (Å²) in [6, 6.07) is 24.6. The van der Waals surface area contributed by atoms with Crippen molar-refractivity contribution in [2.75, 3.05) is 0 Å². The van der Waals surface area contributed by atoms with Crippen LogP contribution < -0.4 is 5.32 Å². The van der Waals surface area contributed by atoms with Crippen molar-refractivity contribution in [2.24, 2.45) is 0 Å². The van der Waals surface area contributed by atoms with E-state index in [4.69, 9.17) is 0 Å². The molecule has 0 aliphatic rings. The summed E-state index contributed by atoms with van der Waals surface area (Å²) in [5.74, 6) is -0.0689. The Labute approximate surface area is 179 Å². The summed E-state index contributed by atoms with van der Waals surface area (Å²) in [7, 11) is 0. The molecular weight excluding hydrogens is 368 g/mol. The summed E-state index contributed by atoms with van der Waals surface area (Å²) in [6.45, 7) is 2.05. The molecule has 0 aliphatic carbocycles. The Morgan fingerprint density at radius 3 is 2.23 bits per heavy atom. The zero-order chi connectivity index (χ0) is 21.0. The van der Waals surface area contributed by atoms with Crippen molar-refractivity contribution < 1.29 is 4.79 Å². The molecule has 3 rings (SSSR count). The van der Waals surface area contributed by atoms with Crippen molar-refractivity contribution in [3.05, 3.63) is 120 Å². The Morgan fingerprint density at radius 1 is 0.967 bits per heavy atom. The van der Waals surface area contributed by atoms with E-state index in [1.165, 1.54) is 5.56 Å². The molecular formula is C27H28N2O. The fourth-order valence-corrected chi connectivity index (χ4v) is 3.35. The Balaban J connectivity index is 1.56. The monoisotopic (exact) mass is 396 g/mol.